The molecule has 1 aromatic heterocycles. The summed E-state index contributed by atoms with van der Waals surface area (Å²) >= 11 is 5.78. The molecule has 0 aliphatic rings. The molecule has 84 valence electrons. The number of rotatable bonds is 1. The maximum Gasteiger partial charge on any atom is 0.172 e. The molecule has 0 amide bonds. The molecule has 5 heteroatoms. The van der Waals surface area contributed by atoms with Crippen molar-refractivity contribution < 1.29 is 8.91 Å². The average Bonchev–Trinajstić information content (AvgIpc) is 2.62. The van der Waals surface area contributed by atoms with Gasteiger partial charge in [0.25, 0.3) is 0 Å². The molecule has 0 aliphatic carbocycles. The molecular weight excluding hydrogens is 231 g/mol. The summed E-state index contributed by atoms with van der Waals surface area (Å²) in [5.41, 5.74) is 7.39. The lowest BCUT2D eigenvalue weighted by Crippen LogP contribution is -1.92. The number of benzene rings is 1. The van der Waals surface area contributed by atoms with Crippen molar-refractivity contribution in [3.05, 3.63) is 34.1 Å². The fraction of sp³-hybridized carbons (Fsp3) is 0.182. The highest BCUT2D eigenvalue weighted by Crippen LogP contribution is 2.33. The summed E-state index contributed by atoms with van der Waals surface area (Å²) in [6.07, 6.45) is 0. The number of nitrogens with two attached hydrogens (primary N) is 1. The van der Waals surface area contributed by atoms with E-state index in [9.17, 15) is 4.39 Å². The minimum atomic E-state index is -0.513. The minimum Gasteiger partial charge on any atom is -0.381 e. The summed E-state index contributed by atoms with van der Waals surface area (Å²) in [6, 6.07) is 3.05. The van der Waals surface area contributed by atoms with Gasteiger partial charge in [-0.15, -0.1) is 0 Å². The van der Waals surface area contributed by atoms with E-state index >= 15 is 0 Å². The van der Waals surface area contributed by atoms with Crippen molar-refractivity contribution in [3.8, 4) is 11.3 Å². The molecule has 2 aromatic rings. The fourth-order valence-electron chi connectivity index (χ4n) is 1.54. The number of anilines is 1. The monoisotopic (exact) mass is 240 g/mol. The molecule has 0 unspecified atom stereocenters. The van der Waals surface area contributed by atoms with E-state index in [1.807, 2.05) is 6.92 Å². The van der Waals surface area contributed by atoms with Crippen LogP contribution >= 0.6 is 11.6 Å². The SMILES string of the molecule is Cc1cc(Cl)c(F)c(-c2cc(N)no2)c1C. The quantitative estimate of drug-likeness (QED) is 0.832. The van der Waals surface area contributed by atoms with Crippen LogP contribution in [0.1, 0.15) is 11.1 Å². The first-order chi connectivity index (χ1) is 7.50. The Balaban J connectivity index is 2.73. The second-order valence-electron chi connectivity index (χ2n) is 3.61. The molecular formula is C11H10ClFN2O. The zero-order valence-corrected chi connectivity index (χ0v) is 9.60. The van der Waals surface area contributed by atoms with Crippen LogP contribution in [-0.4, -0.2) is 5.16 Å². The second-order valence-corrected chi connectivity index (χ2v) is 4.01. The predicted octanol–water partition coefficient (Wildman–Crippen LogP) is 3.33. The van der Waals surface area contributed by atoms with Crippen LogP contribution in [0, 0.1) is 19.7 Å². The maximum absolute atomic E-state index is 13.9. The summed E-state index contributed by atoms with van der Waals surface area (Å²) in [5.74, 6) is -0.00885. The first-order valence-electron chi connectivity index (χ1n) is 4.68. The summed E-state index contributed by atoms with van der Waals surface area (Å²) in [5, 5.41) is 3.59. The molecule has 3 nitrogen and oxygen atoms in total. The normalized spacial score (nSPS) is 10.8. The molecule has 0 saturated carbocycles. The van der Waals surface area contributed by atoms with Crippen LogP contribution in [0.2, 0.25) is 5.02 Å². The van der Waals surface area contributed by atoms with E-state index in [0.29, 0.717) is 5.56 Å². The largest absolute Gasteiger partial charge is 0.381 e. The van der Waals surface area contributed by atoms with Gasteiger partial charge < -0.3 is 10.3 Å². The first-order valence-corrected chi connectivity index (χ1v) is 5.06. The molecule has 1 aromatic carbocycles. The molecule has 0 saturated heterocycles. The highest BCUT2D eigenvalue weighted by atomic mass is 35.5. The predicted molar refractivity (Wildman–Crippen MR) is 60.8 cm³/mol. The van der Waals surface area contributed by atoms with Crippen LogP contribution in [0.25, 0.3) is 11.3 Å². The zero-order chi connectivity index (χ0) is 11.9. The van der Waals surface area contributed by atoms with Gasteiger partial charge in [0.2, 0.25) is 0 Å². The molecule has 0 fully saturated rings. The lowest BCUT2D eigenvalue weighted by molar-refractivity contribution is 0.433. The molecule has 0 aliphatic heterocycles. The van der Waals surface area contributed by atoms with Crippen LogP contribution in [0.15, 0.2) is 16.7 Å². The lowest BCUT2D eigenvalue weighted by atomic mass is 10.0. The molecule has 0 spiro atoms. The van der Waals surface area contributed by atoms with Gasteiger partial charge in [0.05, 0.1) is 10.6 Å². The van der Waals surface area contributed by atoms with E-state index in [-0.39, 0.29) is 16.6 Å². The Morgan fingerprint density at radius 3 is 2.62 bits per heavy atom. The van der Waals surface area contributed by atoms with E-state index in [4.69, 9.17) is 21.9 Å². The number of nitrogens with zero attached hydrogens (tertiary/aromatic N) is 1. The van der Waals surface area contributed by atoms with E-state index in [0.717, 1.165) is 11.1 Å². The Morgan fingerprint density at radius 2 is 2.06 bits per heavy atom. The molecule has 1 heterocycles. The molecule has 0 atom stereocenters. The van der Waals surface area contributed by atoms with Gasteiger partial charge in [-0.05, 0) is 31.0 Å². The maximum atomic E-state index is 13.9. The number of hydrogen-bond acceptors (Lipinski definition) is 3. The smallest absolute Gasteiger partial charge is 0.172 e. The second kappa shape index (κ2) is 3.79. The standard InChI is InChI=1S/C11H10ClFN2O/c1-5-3-7(12)11(13)10(6(5)2)8-4-9(14)15-16-8/h3-4H,1-2H3,(H2,14,15). The number of nitrogen functional groups attached to an aromatic ring is 1. The van der Waals surface area contributed by atoms with E-state index < -0.39 is 5.82 Å². The number of halogens is 2. The Bertz CT molecular complexity index is 525. The third kappa shape index (κ3) is 1.65. The van der Waals surface area contributed by atoms with Crippen molar-refractivity contribution in [3.63, 3.8) is 0 Å². The van der Waals surface area contributed by atoms with Crippen molar-refractivity contribution in [1.29, 1.82) is 0 Å². The lowest BCUT2D eigenvalue weighted by Gasteiger charge is -2.08. The van der Waals surface area contributed by atoms with Crippen molar-refractivity contribution >= 4 is 17.4 Å². The summed E-state index contributed by atoms with van der Waals surface area (Å²) < 4.78 is 18.8. The van der Waals surface area contributed by atoms with Crippen LogP contribution in [0.3, 0.4) is 0 Å². The summed E-state index contributed by atoms with van der Waals surface area (Å²) in [6.45, 7) is 3.65. The fourth-order valence-corrected chi connectivity index (χ4v) is 1.80. The van der Waals surface area contributed by atoms with Crippen LogP contribution in [0.4, 0.5) is 10.2 Å². The highest BCUT2D eigenvalue weighted by molar-refractivity contribution is 6.31. The third-order valence-electron chi connectivity index (χ3n) is 2.51. The van der Waals surface area contributed by atoms with Gasteiger partial charge in [0.15, 0.2) is 17.4 Å². The van der Waals surface area contributed by atoms with Gasteiger partial charge in [0.1, 0.15) is 0 Å². The van der Waals surface area contributed by atoms with Crippen LogP contribution in [-0.2, 0) is 0 Å². The van der Waals surface area contributed by atoms with Crippen LogP contribution < -0.4 is 5.73 Å². The molecule has 2 rings (SSSR count). The Labute approximate surface area is 97.0 Å². The molecule has 16 heavy (non-hydrogen) atoms. The number of aromatic nitrogens is 1. The summed E-state index contributed by atoms with van der Waals surface area (Å²) in [4.78, 5) is 0. The molecule has 0 bridgehead atoms. The van der Waals surface area contributed by atoms with E-state index in [1.54, 1.807) is 13.0 Å². The number of aryl methyl sites for hydroxylation is 1. The van der Waals surface area contributed by atoms with Crippen molar-refractivity contribution in [2.45, 2.75) is 13.8 Å². The Kier molecular flexibility index (Phi) is 2.59. The summed E-state index contributed by atoms with van der Waals surface area (Å²) in [7, 11) is 0. The van der Waals surface area contributed by atoms with Gasteiger partial charge in [0, 0.05) is 6.07 Å². The van der Waals surface area contributed by atoms with Crippen molar-refractivity contribution in [2.75, 3.05) is 5.73 Å². The number of hydrogen-bond donors (Lipinski definition) is 1. The minimum absolute atomic E-state index is 0.0630. The Hall–Kier alpha value is -1.55. The molecule has 2 N–H and O–H groups in total. The third-order valence-corrected chi connectivity index (χ3v) is 2.79. The molecule has 0 radical (unpaired) electrons. The van der Waals surface area contributed by atoms with Gasteiger partial charge in [-0.1, -0.05) is 16.8 Å². The van der Waals surface area contributed by atoms with E-state index in [2.05, 4.69) is 5.16 Å². The van der Waals surface area contributed by atoms with Gasteiger partial charge in [-0.25, -0.2) is 4.39 Å². The average molecular weight is 241 g/mol. The van der Waals surface area contributed by atoms with Crippen molar-refractivity contribution in [1.82, 2.24) is 5.16 Å². The van der Waals surface area contributed by atoms with Crippen LogP contribution in [0.5, 0.6) is 0 Å². The Morgan fingerprint density at radius 1 is 1.38 bits per heavy atom. The van der Waals surface area contributed by atoms with E-state index in [1.165, 1.54) is 6.07 Å². The van der Waals surface area contributed by atoms with Gasteiger partial charge >= 0.3 is 0 Å². The topological polar surface area (TPSA) is 52.0 Å². The van der Waals surface area contributed by atoms with Gasteiger partial charge in [-0.3, -0.25) is 0 Å². The zero-order valence-electron chi connectivity index (χ0n) is 8.84. The first kappa shape index (κ1) is 11.0. The highest BCUT2D eigenvalue weighted by Gasteiger charge is 2.18. The van der Waals surface area contributed by atoms with Crippen molar-refractivity contribution in [2.24, 2.45) is 0 Å². The van der Waals surface area contributed by atoms with Gasteiger partial charge in [-0.2, -0.15) is 0 Å².